The van der Waals surface area contributed by atoms with Crippen LogP contribution in [0.15, 0.2) is 40.6 Å². The largest absolute Gasteiger partial charge is 0.410 e. The molecule has 19 heavy (non-hydrogen) atoms. The van der Waals surface area contributed by atoms with E-state index in [0.29, 0.717) is 5.84 Å². The summed E-state index contributed by atoms with van der Waals surface area (Å²) in [6, 6.07) is 9.20. The Bertz CT molecular complexity index is 465. The van der Waals surface area contributed by atoms with Crippen LogP contribution in [-0.2, 0) is 0 Å². The van der Waals surface area contributed by atoms with Gasteiger partial charge >= 0.3 is 0 Å². The topological polar surface area (TPSA) is 71.7 Å². The predicted molar refractivity (Wildman–Crippen MR) is 73.1 cm³/mol. The van der Waals surface area contributed by atoms with Crippen LogP contribution < -0.4 is 0 Å². The summed E-state index contributed by atoms with van der Waals surface area (Å²) in [7, 11) is 2.05. The van der Waals surface area contributed by atoms with Crippen molar-refractivity contribution in [2.24, 2.45) is 10.3 Å². The lowest BCUT2D eigenvalue weighted by molar-refractivity contribution is 0.209. The smallest absolute Gasteiger partial charge is 0.198 e. The van der Waals surface area contributed by atoms with Crippen molar-refractivity contribution in [1.29, 1.82) is 0 Å². The van der Waals surface area contributed by atoms with Crippen molar-refractivity contribution < 1.29 is 10.4 Å². The van der Waals surface area contributed by atoms with Gasteiger partial charge in [-0.3, -0.25) is 0 Å². The van der Waals surface area contributed by atoms with Gasteiger partial charge in [-0.1, -0.05) is 40.6 Å². The van der Waals surface area contributed by atoms with Gasteiger partial charge in [0, 0.05) is 31.7 Å². The first-order valence-corrected chi connectivity index (χ1v) is 6.19. The molecule has 1 heterocycles. The van der Waals surface area contributed by atoms with Crippen molar-refractivity contribution in [3.63, 3.8) is 0 Å². The minimum absolute atomic E-state index is 0.285. The Morgan fingerprint density at radius 2 is 1.63 bits per heavy atom. The summed E-state index contributed by atoms with van der Waals surface area (Å²) < 4.78 is 0. The molecule has 0 saturated carbocycles. The summed E-state index contributed by atoms with van der Waals surface area (Å²) in [5, 5.41) is 25.1. The molecule has 0 spiro atoms. The van der Waals surface area contributed by atoms with E-state index in [9.17, 15) is 10.4 Å². The van der Waals surface area contributed by atoms with Crippen LogP contribution in [0.5, 0.6) is 0 Å². The Morgan fingerprint density at radius 1 is 1.00 bits per heavy atom. The number of oxime groups is 2. The van der Waals surface area contributed by atoms with E-state index in [1.165, 1.54) is 0 Å². The predicted octanol–water partition coefficient (Wildman–Crippen LogP) is 0.900. The zero-order valence-electron chi connectivity index (χ0n) is 10.9. The molecule has 1 saturated heterocycles. The second-order valence-electron chi connectivity index (χ2n) is 4.53. The monoisotopic (exact) mass is 262 g/mol. The summed E-state index contributed by atoms with van der Waals surface area (Å²) in [6.45, 7) is 3.24. The molecule has 0 unspecified atom stereocenters. The molecule has 0 aromatic heterocycles. The number of amidine groups is 1. The Morgan fingerprint density at radius 3 is 2.16 bits per heavy atom. The fraction of sp³-hybridized carbons (Fsp3) is 0.385. The second-order valence-corrected chi connectivity index (χ2v) is 4.53. The maximum Gasteiger partial charge on any atom is 0.198 e. The molecule has 0 aliphatic carbocycles. The molecule has 1 fully saturated rings. The molecular weight excluding hydrogens is 244 g/mol. The van der Waals surface area contributed by atoms with Gasteiger partial charge in [0.2, 0.25) is 0 Å². The zero-order chi connectivity index (χ0) is 13.7. The zero-order valence-corrected chi connectivity index (χ0v) is 10.9. The van der Waals surface area contributed by atoms with Crippen LogP contribution in [0.25, 0.3) is 0 Å². The average molecular weight is 262 g/mol. The van der Waals surface area contributed by atoms with Crippen LogP contribution in [0, 0.1) is 0 Å². The molecular formula is C13H18N4O2. The third-order valence-electron chi connectivity index (χ3n) is 3.26. The third kappa shape index (κ3) is 3.03. The SMILES string of the molecule is CN1CCN(C(=NO)C(=NO)c2ccccc2)CC1. The minimum Gasteiger partial charge on any atom is -0.410 e. The van der Waals surface area contributed by atoms with Crippen LogP contribution >= 0.6 is 0 Å². The van der Waals surface area contributed by atoms with Crippen LogP contribution in [0.3, 0.4) is 0 Å². The lowest BCUT2D eigenvalue weighted by Crippen LogP contribution is -2.49. The van der Waals surface area contributed by atoms with E-state index in [-0.39, 0.29) is 5.71 Å². The van der Waals surface area contributed by atoms with Crippen molar-refractivity contribution in [2.75, 3.05) is 33.2 Å². The second kappa shape index (κ2) is 6.19. The highest BCUT2D eigenvalue weighted by molar-refractivity contribution is 6.47. The van der Waals surface area contributed by atoms with Crippen LogP contribution in [0.2, 0.25) is 0 Å². The van der Waals surface area contributed by atoms with Gasteiger partial charge in [-0.15, -0.1) is 0 Å². The first-order valence-electron chi connectivity index (χ1n) is 6.19. The fourth-order valence-corrected chi connectivity index (χ4v) is 2.11. The molecule has 6 nitrogen and oxygen atoms in total. The Labute approximate surface area is 112 Å². The van der Waals surface area contributed by atoms with E-state index in [2.05, 4.69) is 15.2 Å². The van der Waals surface area contributed by atoms with Gasteiger partial charge in [-0.05, 0) is 7.05 Å². The normalized spacial score (nSPS) is 18.7. The van der Waals surface area contributed by atoms with E-state index in [4.69, 9.17) is 0 Å². The van der Waals surface area contributed by atoms with E-state index < -0.39 is 0 Å². The average Bonchev–Trinajstić information content (AvgIpc) is 2.47. The molecule has 2 rings (SSSR count). The maximum absolute atomic E-state index is 9.25. The van der Waals surface area contributed by atoms with Gasteiger partial charge in [-0.2, -0.15) is 0 Å². The first kappa shape index (κ1) is 13.4. The molecule has 0 amide bonds. The standard InChI is InChI=1S/C13H18N4O2/c1-16-7-9-17(10-8-16)13(15-19)12(14-18)11-5-3-2-4-6-11/h2-6,18-19H,7-10H2,1H3. The molecule has 102 valence electrons. The van der Waals surface area contributed by atoms with Crippen molar-refractivity contribution in [3.8, 4) is 0 Å². The van der Waals surface area contributed by atoms with Gasteiger partial charge in [0.25, 0.3) is 0 Å². The number of hydrogen-bond donors (Lipinski definition) is 2. The van der Waals surface area contributed by atoms with Crippen molar-refractivity contribution in [1.82, 2.24) is 9.80 Å². The quantitative estimate of drug-likeness (QED) is 0.359. The number of likely N-dealkylation sites (N-methyl/N-ethyl adjacent to an activating group) is 1. The van der Waals surface area contributed by atoms with Gasteiger partial charge in [-0.25, -0.2) is 0 Å². The summed E-state index contributed by atoms with van der Waals surface area (Å²) in [6.07, 6.45) is 0. The van der Waals surface area contributed by atoms with Gasteiger partial charge in [0.15, 0.2) is 11.5 Å². The molecule has 1 aromatic rings. The van der Waals surface area contributed by atoms with E-state index >= 15 is 0 Å². The summed E-state index contributed by atoms with van der Waals surface area (Å²) in [4.78, 5) is 4.12. The maximum atomic E-state index is 9.25. The molecule has 6 heteroatoms. The third-order valence-corrected chi connectivity index (χ3v) is 3.26. The van der Waals surface area contributed by atoms with Gasteiger partial charge in [0.1, 0.15) is 0 Å². The highest BCUT2D eigenvalue weighted by Gasteiger charge is 2.23. The summed E-state index contributed by atoms with van der Waals surface area (Å²) in [5.74, 6) is 0.307. The van der Waals surface area contributed by atoms with Gasteiger partial charge < -0.3 is 20.2 Å². The van der Waals surface area contributed by atoms with E-state index in [1.54, 1.807) is 0 Å². The molecule has 1 aliphatic rings. The minimum atomic E-state index is 0.285. The van der Waals surface area contributed by atoms with Crippen molar-refractivity contribution in [2.45, 2.75) is 0 Å². The van der Waals surface area contributed by atoms with E-state index in [1.807, 2.05) is 42.3 Å². The van der Waals surface area contributed by atoms with Crippen molar-refractivity contribution in [3.05, 3.63) is 35.9 Å². The van der Waals surface area contributed by atoms with Crippen LogP contribution in [0.1, 0.15) is 5.56 Å². The number of hydrogen-bond acceptors (Lipinski definition) is 5. The van der Waals surface area contributed by atoms with E-state index in [0.717, 1.165) is 31.7 Å². The number of piperazine rings is 1. The highest BCUT2D eigenvalue weighted by Crippen LogP contribution is 2.08. The fourth-order valence-electron chi connectivity index (χ4n) is 2.11. The molecule has 1 aromatic carbocycles. The summed E-state index contributed by atoms with van der Waals surface area (Å²) in [5.41, 5.74) is 1.00. The summed E-state index contributed by atoms with van der Waals surface area (Å²) >= 11 is 0. The van der Waals surface area contributed by atoms with Crippen LogP contribution in [0.4, 0.5) is 0 Å². The molecule has 0 bridgehead atoms. The van der Waals surface area contributed by atoms with Crippen molar-refractivity contribution >= 4 is 11.5 Å². The molecule has 0 atom stereocenters. The number of benzene rings is 1. The Hall–Kier alpha value is -2.08. The molecule has 2 N–H and O–H groups in total. The Balaban J connectivity index is 2.22. The number of rotatable bonds is 2. The Kier molecular flexibility index (Phi) is 4.35. The molecule has 0 radical (unpaired) electrons. The first-order chi connectivity index (χ1) is 9.26. The van der Waals surface area contributed by atoms with Crippen LogP contribution in [-0.4, -0.2) is 65.0 Å². The van der Waals surface area contributed by atoms with Gasteiger partial charge in [0.05, 0.1) is 0 Å². The lowest BCUT2D eigenvalue weighted by atomic mass is 10.1. The molecule has 1 aliphatic heterocycles. The lowest BCUT2D eigenvalue weighted by Gasteiger charge is -2.33. The number of nitrogens with zero attached hydrogens (tertiary/aromatic N) is 4. The highest BCUT2D eigenvalue weighted by atomic mass is 16.4.